The van der Waals surface area contributed by atoms with Gasteiger partial charge in [0.25, 0.3) is 5.91 Å². The summed E-state index contributed by atoms with van der Waals surface area (Å²) in [6.07, 6.45) is 2.01. The number of benzene rings is 2. The second-order valence-electron chi connectivity index (χ2n) is 7.82. The smallest absolute Gasteiger partial charge is 0.272 e. The van der Waals surface area contributed by atoms with E-state index in [1.165, 1.54) is 0 Å². The van der Waals surface area contributed by atoms with Crippen molar-refractivity contribution in [2.45, 2.75) is 19.8 Å². The molecule has 7 heteroatoms. The fourth-order valence-corrected chi connectivity index (χ4v) is 4.07. The predicted octanol–water partition coefficient (Wildman–Crippen LogP) is 5.08. The molecule has 0 radical (unpaired) electrons. The maximum Gasteiger partial charge on any atom is 0.272 e. The highest BCUT2D eigenvalue weighted by atomic mass is 35.5. The van der Waals surface area contributed by atoms with E-state index in [2.05, 4.69) is 6.92 Å². The highest BCUT2D eigenvalue weighted by Gasteiger charge is 2.27. The van der Waals surface area contributed by atoms with E-state index in [-0.39, 0.29) is 5.91 Å². The van der Waals surface area contributed by atoms with Crippen molar-refractivity contribution in [1.29, 1.82) is 0 Å². The number of methoxy groups -OCH3 is 2. The standard InChI is InChI=1S/C24H26ClN3O3/c1-16-10-12-27(13-11-16)24(29)22-15-20(18-9-8-17(30-2)14-23(18)31-3)26-28(22)21-7-5-4-6-19(21)25/h4-9,14-16H,10-13H2,1-3H3. The van der Waals surface area contributed by atoms with Crippen LogP contribution in [0.25, 0.3) is 16.9 Å². The van der Waals surface area contributed by atoms with E-state index in [0.717, 1.165) is 31.5 Å². The number of piperidine rings is 1. The van der Waals surface area contributed by atoms with Crippen molar-refractivity contribution in [2.75, 3.05) is 27.3 Å². The number of hydrogen-bond acceptors (Lipinski definition) is 4. The normalized spacial score (nSPS) is 14.5. The van der Waals surface area contributed by atoms with E-state index in [0.29, 0.717) is 39.5 Å². The number of carbonyl (C=O) groups is 1. The Balaban J connectivity index is 1.82. The fourth-order valence-electron chi connectivity index (χ4n) is 3.86. The number of aromatic nitrogens is 2. The molecule has 3 aromatic rings. The van der Waals surface area contributed by atoms with Crippen molar-refractivity contribution >= 4 is 17.5 Å². The van der Waals surface area contributed by atoms with E-state index in [1.807, 2.05) is 41.3 Å². The van der Waals surface area contributed by atoms with E-state index in [4.69, 9.17) is 26.2 Å². The molecule has 1 saturated heterocycles. The molecule has 1 fully saturated rings. The molecule has 0 aliphatic carbocycles. The summed E-state index contributed by atoms with van der Waals surface area (Å²) in [7, 11) is 3.21. The summed E-state index contributed by atoms with van der Waals surface area (Å²) in [4.78, 5) is 15.4. The maximum atomic E-state index is 13.5. The number of carbonyl (C=O) groups excluding carboxylic acids is 1. The van der Waals surface area contributed by atoms with Gasteiger partial charge >= 0.3 is 0 Å². The molecule has 4 rings (SSSR count). The van der Waals surface area contributed by atoms with E-state index >= 15 is 0 Å². The highest BCUT2D eigenvalue weighted by Crippen LogP contribution is 2.34. The van der Waals surface area contributed by atoms with Crippen molar-refractivity contribution in [3.8, 4) is 28.4 Å². The SMILES string of the molecule is COc1ccc(-c2cc(C(=O)N3CCC(C)CC3)n(-c3ccccc3Cl)n2)c(OC)c1. The Bertz CT molecular complexity index is 1090. The average molecular weight is 440 g/mol. The number of halogens is 1. The molecular formula is C24H26ClN3O3. The molecule has 162 valence electrons. The molecule has 1 aliphatic rings. The van der Waals surface area contributed by atoms with Gasteiger partial charge in [-0.1, -0.05) is 30.7 Å². The van der Waals surface area contributed by atoms with Gasteiger partial charge in [-0.25, -0.2) is 4.68 Å². The van der Waals surface area contributed by atoms with E-state index < -0.39 is 0 Å². The van der Waals surface area contributed by atoms with Crippen molar-refractivity contribution in [1.82, 2.24) is 14.7 Å². The summed E-state index contributed by atoms with van der Waals surface area (Å²) in [6.45, 7) is 3.72. The van der Waals surface area contributed by atoms with Gasteiger partial charge in [0, 0.05) is 24.7 Å². The number of rotatable bonds is 5. The predicted molar refractivity (Wildman–Crippen MR) is 121 cm³/mol. The average Bonchev–Trinajstić information content (AvgIpc) is 3.23. The summed E-state index contributed by atoms with van der Waals surface area (Å²) < 4.78 is 12.5. The molecule has 2 aromatic carbocycles. The van der Waals surface area contributed by atoms with E-state index in [1.54, 1.807) is 31.0 Å². The van der Waals surface area contributed by atoms with Gasteiger partial charge in [-0.2, -0.15) is 5.10 Å². The first-order chi connectivity index (χ1) is 15.0. The molecule has 2 heterocycles. The van der Waals surface area contributed by atoms with Crippen molar-refractivity contribution in [2.24, 2.45) is 5.92 Å². The number of amides is 1. The third-order valence-electron chi connectivity index (χ3n) is 5.76. The number of hydrogen-bond donors (Lipinski definition) is 0. The fraction of sp³-hybridized carbons (Fsp3) is 0.333. The monoisotopic (exact) mass is 439 g/mol. The van der Waals surface area contributed by atoms with Crippen LogP contribution in [0.5, 0.6) is 11.5 Å². The van der Waals surface area contributed by atoms with Gasteiger partial charge in [0.05, 0.1) is 30.6 Å². The van der Waals surface area contributed by atoms with Gasteiger partial charge < -0.3 is 14.4 Å². The number of likely N-dealkylation sites (tertiary alicyclic amines) is 1. The lowest BCUT2D eigenvalue weighted by Gasteiger charge is -2.30. The van der Waals surface area contributed by atoms with Gasteiger partial charge in [-0.3, -0.25) is 4.79 Å². The van der Waals surface area contributed by atoms with Crippen LogP contribution in [0.2, 0.25) is 5.02 Å². The Kier molecular flexibility index (Phi) is 6.18. The second kappa shape index (κ2) is 9.02. The molecule has 1 aliphatic heterocycles. The number of nitrogens with zero attached hydrogens (tertiary/aromatic N) is 3. The summed E-state index contributed by atoms with van der Waals surface area (Å²) in [5, 5.41) is 5.30. The summed E-state index contributed by atoms with van der Waals surface area (Å²) in [5.74, 6) is 1.90. The molecular weight excluding hydrogens is 414 g/mol. The van der Waals surface area contributed by atoms with Crippen molar-refractivity contribution < 1.29 is 14.3 Å². The van der Waals surface area contributed by atoms with Gasteiger partial charge in [-0.15, -0.1) is 0 Å². The lowest BCUT2D eigenvalue weighted by Crippen LogP contribution is -2.38. The minimum Gasteiger partial charge on any atom is -0.497 e. The zero-order valence-corrected chi connectivity index (χ0v) is 18.7. The van der Waals surface area contributed by atoms with Crippen LogP contribution in [0.1, 0.15) is 30.3 Å². The Morgan fingerprint density at radius 1 is 1.06 bits per heavy atom. The maximum absolute atomic E-state index is 13.5. The van der Waals surface area contributed by atoms with Gasteiger partial charge in [0.15, 0.2) is 0 Å². The van der Waals surface area contributed by atoms with Gasteiger partial charge in [0.2, 0.25) is 0 Å². The molecule has 0 N–H and O–H groups in total. The van der Waals surface area contributed by atoms with Gasteiger partial charge in [0.1, 0.15) is 17.2 Å². The summed E-state index contributed by atoms with van der Waals surface area (Å²) in [6, 6.07) is 14.7. The summed E-state index contributed by atoms with van der Waals surface area (Å²) >= 11 is 6.47. The molecule has 0 unspecified atom stereocenters. The Morgan fingerprint density at radius 3 is 2.48 bits per heavy atom. The number of ether oxygens (including phenoxy) is 2. The van der Waals surface area contributed by atoms with Crippen LogP contribution in [0, 0.1) is 5.92 Å². The first kappa shape index (κ1) is 21.2. The first-order valence-electron chi connectivity index (χ1n) is 10.4. The van der Waals surface area contributed by atoms with Crippen LogP contribution in [-0.2, 0) is 0 Å². The van der Waals surface area contributed by atoms with Crippen LogP contribution in [0.4, 0.5) is 0 Å². The topological polar surface area (TPSA) is 56.6 Å². The van der Waals surface area contributed by atoms with Crippen LogP contribution in [0.15, 0.2) is 48.5 Å². The van der Waals surface area contributed by atoms with Crippen LogP contribution in [0.3, 0.4) is 0 Å². The Labute approximate surface area is 187 Å². The third-order valence-corrected chi connectivity index (χ3v) is 6.08. The molecule has 0 atom stereocenters. The number of para-hydroxylation sites is 1. The minimum atomic E-state index is -0.0435. The lowest BCUT2D eigenvalue weighted by atomic mass is 9.99. The van der Waals surface area contributed by atoms with E-state index in [9.17, 15) is 4.79 Å². The van der Waals surface area contributed by atoms with Crippen LogP contribution in [-0.4, -0.2) is 47.9 Å². The van der Waals surface area contributed by atoms with Crippen LogP contribution >= 0.6 is 11.6 Å². The van der Waals surface area contributed by atoms with Crippen molar-refractivity contribution in [3.63, 3.8) is 0 Å². The first-order valence-corrected chi connectivity index (χ1v) is 10.8. The lowest BCUT2D eigenvalue weighted by molar-refractivity contribution is 0.0688. The highest BCUT2D eigenvalue weighted by molar-refractivity contribution is 6.32. The molecule has 0 spiro atoms. The molecule has 6 nitrogen and oxygen atoms in total. The zero-order chi connectivity index (χ0) is 22.0. The molecule has 31 heavy (non-hydrogen) atoms. The zero-order valence-electron chi connectivity index (χ0n) is 18.0. The quantitative estimate of drug-likeness (QED) is 0.556. The minimum absolute atomic E-state index is 0.0435. The largest absolute Gasteiger partial charge is 0.497 e. The Hall–Kier alpha value is -2.99. The molecule has 0 saturated carbocycles. The third kappa shape index (κ3) is 4.26. The summed E-state index contributed by atoms with van der Waals surface area (Å²) in [5.41, 5.74) is 2.55. The van der Waals surface area contributed by atoms with Crippen LogP contribution < -0.4 is 9.47 Å². The second-order valence-corrected chi connectivity index (χ2v) is 8.23. The van der Waals surface area contributed by atoms with Gasteiger partial charge in [-0.05, 0) is 49.1 Å². The molecule has 0 bridgehead atoms. The molecule has 1 aromatic heterocycles. The van der Waals surface area contributed by atoms with Crippen molar-refractivity contribution in [3.05, 3.63) is 59.2 Å². The Morgan fingerprint density at radius 2 is 1.81 bits per heavy atom. The molecule has 1 amide bonds.